The summed E-state index contributed by atoms with van der Waals surface area (Å²) in [6.07, 6.45) is 1.85. The molecule has 0 unspecified atom stereocenters. The number of rotatable bonds is 4. The van der Waals surface area contributed by atoms with Gasteiger partial charge in [-0.2, -0.15) is 0 Å². The lowest BCUT2D eigenvalue weighted by atomic mass is 10.1. The minimum absolute atomic E-state index is 0.760. The first-order valence-corrected chi connectivity index (χ1v) is 6.36. The molecule has 1 aromatic heterocycles. The molecule has 0 fully saturated rings. The second-order valence-electron chi connectivity index (χ2n) is 4.47. The molecule has 0 amide bonds. The number of aldehydes is 1. The molecule has 2 aromatic rings. The van der Waals surface area contributed by atoms with Crippen molar-refractivity contribution in [3.63, 3.8) is 0 Å². The van der Waals surface area contributed by atoms with Gasteiger partial charge < -0.3 is 4.57 Å². The molecular formula is C15H16ClNO. The highest BCUT2D eigenvalue weighted by Gasteiger charge is 2.07. The second kappa shape index (κ2) is 5.40. The van der Waals surface area contributed by atoms with Crippen LogP contribution in [0.2, 0.25) is 5.02 Å². The Hall–Kier alpha value is -1.54. The molecule has 2 nitrogen and oxygen atoms in total. The third-order valence-electron chi connectivity index (χ3n) is 3.28. The molecule has 0 saturated carbocycles. The molecule has 0 saturated heterocycles. The van der Waals surface area contributed by atoms with Gasteiger partial charge in [-0.25, -0.2) is 0 Å². The van der Waals surface area contributed by atoms with Gasteiger partial charge in [0.2, 0.25) is 0 Å². The van der Waals surface area contributed by atoms with Gasteiger partial charge in [0, 0.05) is 28.5 Å². The van der Waals surface area contributed by atoms with Crippen molar-refractivity contribution < 1.29 is 4.79 Å². The van der Waals surface area contributed by atoms with Gasteiger partial charge in [-0.1, -0.05) is 23.7 Å². The molecule has 1 aromatic carbocycles. The van der Waals surface area contributed by atoms with Crippen molar-refractivity contribution in [2.24, 2.45) is 0 Å². The summed E-state index contributed by atoms with van der Waals surface area (Å²) in [5, 5.41) is 0.760. The average molecular weight is 262 g/mol. The van der Waals surface area contributed by atoms with Crippen LogP contribution in [0.15, 0.2) is 30.3 Å². The van der Waals surface area contributed by atoms with Crippen LogP contribution in [0.4, 0.5) is 0 Å². The number of hydrogen-bond donors (Lipinski definition) is 0. The molecule has 18 heavy (non-hydrogen) atoms. The minimum Gasteiger partial charge on any atom is -0.348 e. The van der Waals surface area contributed by atoms with E-state index in [-0.39, 0.29) is 0 Å². The van der Waals surface area contributed by atoms with Crippen molar-refractivity contribution >= 4 is 17.9 Å². The van der Waals surface area contributed by atoms with Crippen molar-refractivity contribution in [3.8, 4) is 0 Å². The monoisotopic (exact) mass is 261 g/mol. The number of halogens is 1. The van der Waals surface area contributed by atoms with Crippen LogP contribution in [0.25, 0.3) is 0 Å². The van der Waals surface area contributed by atoms with E-state index in [9.17, 15) is 4.79 Å². The summed E-state index contributed by atoms with van der Waals surface area (Å²) in [5.41, 5.74) is 4.20. The summed E-state index contributed by atoms with van der Waals surface area (Å²) >= 11 is 5.86. The maximum atomic E-state index is 10.9. The summed E-state index contributed by atoms with van der Waals surface area (Å²) in [5.74, 6) is 0. The van der Waals surface area contributed by atoms with E-state index in [1.54, 1.807) is 0 Å². The Morgan fingerprint density at radius 1 is 1.22 bits per heavy atom. The Bertz CT molecular complexity index is 555. The van der Waals surface area contributed by atoms with Crippen LogP contribution in [0.1, 0.15) is 27.3 Å². The molecule has 0 aliphatic rings. The van der Waals surface area contributed by atoms with E-state index >= 15 is 0 Å². The summed E-state index contributed by atoms with van der Waals surface area (Å²) in [4.78, 5) is 10.9. The molecule has 0 radical (unpaired) electrons. The number of nitrogens with zero attached hydrogens (tertiary/aromatic N) is 1. The maximum absolute atomic E-state index is 10.9. The van der Waals surface area contributed by atoms with E-state index in [1.165, 1.54) is 5.56 Å². The van der Waals surface area contributed by atoms with E-state index in [2.05, 4.69) is 4.57 Å². The van der Waals surface area contributed by atoms with Gasteiger partial charge in [0.25, 0.3) is 0 Å². The van der Waals surface area contributed by atoms with Crippen molar-refractivity contribution in [2.45, 2.75) is 26.8 Å². The van der Waals surface area contributed by atoms with Gasteiger partial charge in [-0.3, -0.25) is 4.79 Å². The molecule has 3 heteroatoms. The predicted molar refractivity (Wildman–Crippen MR) is 74.4 cm³/mol. The predicted octanol–water partition coefficient (Wildman–Crippen LogP) is 3.81. The van der Waals surface area contributed by atoms with Crippen LogP contribution in [0.5, 0.6) is 0 Å². The first-order chi connectivity index (χ1) is 8.61. The molecule has 0 bridgehead atoms. The van der Waals surface area contributed by atoms with Crippen LogP contribution in [-0.4, -0.2) is 10.9 Å². The topological polar surface area (TPSA) is 22.0 Å². The third-order valence-corrected chi connectivity index (χ3v) is 3.53. The van der Waals surface area contributed by atoms with Gasteiger partial charge in [-0.05, 0) is 44.0 Å². The summed E-state index contributed by atoms with van der Waals surface area (Å²) < 4.78 is 2.18. The fourth-order valence-electron chi connectivity index (χ4n) is 2.18. The lowest BCUT2D eigenvalue weighted by Gasteiger charge is -2.09. The lowest BCUT2D eigenvalue weighted by Crippen LogP contribution is -2.05. The zero-order valence-corrected chi connectivity index (χ0v) is 11.4. The van der Waals surface area contributed by atoms with Gasteiger partial charge >= 0.3 is 0 Å². The highest BCUT2D eigenvalue weighted by Crippen LogP contribution is 2.15. The number of benzene rings is 1. The van der Waals surface area contributed by atoms with Gasteiger partial charge in [0.15, 0.2) is 6.29 Å². The highest BCUT2D eigenvalue weighted by molar-refractivity contribution is 6.30. The van der Waals surface area contributed by atoms with E-state index in [4.69, 9.17) is 11.6 Å². The SMILES string of the molecule is Cc1cc(C=O)c(C)n1CCc1ccc(Cl)cc1. The smallest absolute Gasteiger partial charge is 0.151 e. The quantitative estimate of drug-likeness (QED) is 0.767. The Kier molecular flexibility index (Phi) is 3.87. The normalized spacial score (nSPS) is 10.6. The molecule has 0 N–H and O–H groups in total. The number of aromatic nitrogens is 1. The molecule has 2 rings (SSSR count). The van der Waals surface area contributed by atoms with Crippen molar-refractivity contribution in [1.82, 2.24) is 4.57 Å². The Morgan fingerprint density at radius 2 is 1.89 bits per heavy atom. The number of aryl methyl sites for hydroxylation is 2. The zero-order chi connectivity index (χ0) is 13.1. The van der Waals surface area contributed by atoms with Crippen LogP contribution >= 0.6 is 11.6 Å². The van der Waals surface area contributed by atoms with Gasteiger partial charge in [0.1, 0.15) is 0 Å². The largest absolute Gasteiger partial charge is 0.348 e. The third kappa shape index (κ3) is 2.65. The van der Waals surface area contributed by atoms with E-state index in [0.29, 0.717) is 0 Å². The van der Waals surface area contributed by atoms with Crippen molar-refractivity contribution in [3.05, 3.63) is 57.9 Å². The van der Waals surface area contributed by atoms with E-state index < -0.39 is 0 Å². The number of hydrogen-bond acceptors (Lipinski definition) is 1. The Balaban J connectivity index is 2.13. The minimum atomic E-state index is 0.760. The summed E-state index contributed by atoms with van der Waals surface area (Å²) in [7, 11) is 0. The fourth-order valence-corrected chi connectivity index (χ4v) is 2.31. The highest BCUT2D eigenvalue weighted by atomic mass is 35.5. The first kappa shape index (κ1) is 12.9. The van der Waals surface area contributed by atoms with E-state index in [0.717, 1.165) is 41.2 Å². The number of carbonyl (C=O) groups excluding carboxylic acids is 1. The lowest BCUT2D eigenvalue weighted by molar-refractivity contribution is 0.112. The Labute approximate surface area is 112 Å². The standard InChI is InChI=1S/C15H16ClNO/c1-11-9-14(10-18)12(2)17(11)8-7-13-3-5-15(16)6-4-13/h3-6,9-10H,7-8H2,1-2H3. The molecule has 94 valence electrons. The molecule has 0 atom stereocenters. The number of carbonyl (C=O) groups is 1. The van der Waals surface area contributed by atoms with Crippen LogP contribution < -0.4 is 0 Å². The van der Waals surface area contributed by atoms with E-state index in [1.807, 2.05) is 44.2 Å². The Morgan fingerprint density at radius 3 is 2.44 bits per heavy atom. The van der Waals surface area contributed by atoms with Crippen molar-refractivity contribution in [2.75, 3.05) is 0 Å². The summed E-state index contributed by atoms with van der Waals surface area (Å²) in [6.45, 7) is 4.90. The maximum Gasteiger partial charge on any atom is 0.151 e. The van der Waals surface area contributed by atoms with Gasteiger partial charge in [0.05, 0.1) is 0 Å². The van der Waals surface area contributed by atoms with Crippen LogP contribution in [-0.2, 0) is 13.0 Å². The average Bonchev–Trinajstić information content (AvgIpc) is 2.64. The molecule has 0 aliphatic heterocycles. The second-order valence-corrected chi connectivity index (χ2v) is 4.91. The van der Waals surface area contributed by atoms with Crippen LogP contribution in [0, 0.1) is 13.8 Å². The fraction of sp³-hybridized carbons (Fsp3) is 0.267. The van der Waals surface area contributed by atoms with Crippen molar-refractivity contribution in [1.29, 1.82) is 0 Å². The molecule has 0 spiro atoms. The van der Waals surface area contributed by atoms with Gasteiger partial charge in [-0.15, -0.1) is 0 Å². The molecular weight excluding hydrogens is 246 g/mol. The zero-order valence-electron chi connectivity index (χ0n) is 10.6. The summed E-state index contributed by atoms with van der Waals surface area (Å²) in [6, 6.07) is 9.82. The van der Waals surface area contributed by atoms with Crippen LogP contribution in [0.3, 0.4) is 0 Å². The molecule has 1 heterocycles. The molecule has 0 aliphatic carbocycles. The first-order valence-electron chi connectivity index (χ1n) is 5.98.